The number of allylic oxidation sites excluding steroid dienone is 2. The normalized spacial score (nSPS) is 16.8. The number of benzene rings is 2. The first-order valence-corrected chi connectivity index (χ1v) is 10.7. The Morgan fingerprint density at radius 3 is 2.32 bits per heavy atom. The molecule has 1 aliphatic heterocycles. The fourth-order valence-corrected chi connectivity index (χ4v) is 5.35. The summed E-state index contributed by atoms with van der Waals surface area (Å²) < 4.78 is 81.9. The molecular formula is C21H17F4N3O2S. The van der Waals surface area contributed by atoms with Crippen LogP contribution < -0.4 is 5.32 Å². The highest BCUT2D eigenvalue weighted by molar-refractivity contribution is 7.95. The number of alkyl halides is 3. The van der Waals surface area contributed by atoms with Gasteiger partial charge in [-0.1, -0.05) is 30.3 Å². The third-order valence-corrected chi connectivity index (χ3v) is 7.05. The first kappa shape index (κ1) is 21.1. The minimum atomic E-state index is -4.72. The smallest absolute Gasteiger partial charge is 0.343 e. The minimum Gasteiger partial charge on any atom is -0.343 e. The fraction of sp³-hybridized carbons (Fsp3) is 0.190. The minimum absolute atomic E-state index is 0.0104. The molecular weight excluding hydrogens is 434 g/mol. The highest BCUT2D eigenvalue weighted by atomic mass is 32.2. The lowest BCUT2D eigenvalue weighted by atomic mass is 10.0. The van der Waals surface area contributed by atoms with Crippen molar-refractivity contribution in [3.05, 3.63) is 87.8 Å². The molecule has 162 valence electrons. The van der Waals surface area contributed by atoms with Crippen molar-refractivity contribution in [3.8, 4) is 0 Å². The molecule has 1 aromatic heterocycles. The molecule has 31 heavy (non-hydrogen) atoms. The number of sulfone groups is 1. The summed E-state index contributed by atoms with van der Waals surface area (Å²) in [4.78, 5) is -0.171. The van der Waals surface area contributed by atoms with Crippen LogP contribution in [0.1, 0.15) is 29.8 Å². The van der Waals surface area contributed by atoms with E-state index in [1.807, 2.05) is 0 Å². The number of nitrogens with one attached hydrogen (secondary N) is 1. The van der Waals surface area contributed by atoms with E-state index in [4.69, 9.17) is 0 Å². The molecule has 2 heterocycles. The van der Waals surface area contributed by atoms with Gasteiger partial charge in [-0.05, 0) is 43.2 Å². The van der Waals surface area contributed by atoms with E-state index < -0.39 is 33.6 Å². The van der Waals surface area contributed by atoms with Gasteiger partial charge in [-0.25, -0.2) is 17.5 Å². The lowest BCUT2D eigenvalue weighted by Crippen LogP contribution is -2.29. The predicted octanol–water partition coefficient (Wildman–Crippen LogP) is 5.07. The number of aryl methyl sites for hydroxylation is 1. The summed E-state index contributed by atoms with van der Waals surface area (Å²) >= 11 is 0. The fourth-order valence-electron chi connectivity index (χ4n) is 3.60. The molecule has 10 heteroatoms. The van der Waals surface area contributed by atoms with E-state index in [-0.39, 0.29) is 26.9 Å². The number of aromatic nitrogens is 2. The zero-order valence-electron chi connectivity index (χ0n) is 16.4. The molecule has 0 amide bonds. The Kier molecular flexibility index (Phi) is 4.92. The van der Waals surface area contributed by atoms with Gasteiger partial charge in [0.25, 0.3) is 0 Å². The van der Waals surface area contributed by atoms with Gasteiger partial charge < -0.3 is 5.32 Å². The second-order valence-corrected chi connectivity index (χ2v) is 9.12. The molecule has 0 saturated carbocycles. The number of hydrogen-bond donors (Lipinski definition) is 1. The Labute approximate surface area is 175 Å². The number of halogens is 4. The van der Waals surface area contributed by atoms with Crippen molar-refractivity contribution < 1.29 is 26.0 Å². The molecule has 0 saturated heterocycles. The number of fused-ring (bicyclic) bond motifs is 1. The molecule has 1 atom stereocenters. The second kappa shape index (κ2) is 7.23. The molecule has 0 radical (unpaired) electrons. The zero-order chi connectivity index (χ0) is 22.6. The van der Waals surface area contributed by atoms with Crippen molar-refractivity contribution in [2.24, 2.45) is 0 Å². The van der Waals surface area contributed by atoms with Crippen LogP contribution in [0.15, 0.2) is 70.1 Å². The molecule has 3 aromatic rings. The van der Waals surface area contributed by atoms with Gasteiger partial charge in [-0.15, -0.1) is 0 Å². The van der Waals surface area contributed by atoms with Crippen LogP contribution in [-0.4, -0.2) is 18.2 Å². The van der Waals surface area contributed by atoms with Gasteiger partial charge in [0.05, 0.1) is 9.80 Å². The topological polar surface area (TPSA) is 64.0 Å². The first-order chi connectivity index (χ1) is 14.5. The van der Waals surface area contributed by atoms with Gasteiger partial charge in [-0.3, -0.25) is 0 Å². The number of nitrogens with zero attached hydrogens (tertiary/aromatic N) is 2. The van der Waals surface area contributed by atoms with Crippen LogP contribution in [0.3, 0.4) is 0 Å². The average molecular weight is 451 g/mol. The van der Waals surface area contributed by atoms with Crippen LogP contribution in [0.4, 0.5) is 23.4 Å². The van der Waals surface area contributed by atoms with E-state index in [1.54, 1.807) is 18.2 Å². The molecule has 1 N–H and O–H groups in total. The standard InChI is InChI=1S/C21H17F4N3O2S/c1-12-10-14(8-9-16(12)22)19-20(31(29,30)15-6-4-3-5-7-15)13(2)26-18-11-17(21(23,24)25)27-28(18)19/h3-11,19,26H,1-2H3. The summed E-state index contributed by atoms with van der Waals surface area (Å²) in [6, 6.07) is 11.1. The quantitative estimate of drug-likeness (QED) is 0.565. The van der Waals surface area contributed by atoms with Crippen molar-refractivity contribution in [2.45, 2.75) is 31.0 Å². The van der Waals surface area contributed by atoms with Gasteiger partial charge in [0.2, 0.25) is 9.84 Å². The molecule has 2 aromatic carbocycles. The molecule has 1 unspecified atom stereocenters. The van der Waals surface area contributed by atoms with Crippen LogP contribution >= 0.6 is 0 Å². The molecule has 1 aliphatic rings. The van der Waals surface area contributed by atoms with Crippen molar-refractivity contribution in [3.63, 3.8) is 0 Å². The largest absolute Gasteiger partial charge is 0.435 e. The lowest BCUT2D eigenvalue weighted by molar-refractivity contribution is -0.141. The van der Waals surface area contributed by atoms with Gasteiger partial charge in [0.15, 0.2) is 5.69 Å². The van der Waals surface area contributed by atoms with Crippen LogP contribution in [0.2, 0.25) is 0 Å². The number of anilines is 1. The van der Waals surface area contributed by atoms with Crippen LogP contribution in [0, 0.1) is 12.7 Å². The van der Waals surface area contributed by atoms with E-state index in [9.17, 15) is 26.0 Å². The zero-order valence-corrected chi connectivity index (χ0v) is 17.2. The van der Waals surface area contributed by atoms with Gasteiger partial charge >= 0.3 is 6.18 Å². The molecule has 0 spiro atoms. The molecule has 5 nitrogen and oxygen atoms in total. The first-order valence-electron chi connectivity index (χ1n) is 9.21. The van der Waals surface area contributed by atoms with Crippen molar-refractivity contribution in [1.29, 1.82) is 0 Å². The summed E-state index contributed by atoms with van der Waals surface area (Å²) in [5.74, 6) is -0.522. The number of rotatable bonds is 3. The van der Waals surface area contributed by atoms with Crippen LogP contribution in [0.25, 0.3) is 0 Å². The van der Waals surface area contributed by atoms with E-state index in [0.29, 0.717) is 5.56 Å². The van der Waals surface area contributed by atoms with Gasteiger partial charge in [0.1, 0.15) is 17.7 Å². The average Bonchev–Trinajstić information content (AvgIpc) is 3.14. The summed E-state index contributed by atoms with van der Waals surface area (Å²) in [6.07, 6.45) is -4.72. The molecule has 4 rings (SSSR count). The molecule has 0 bridgehead atoms. The SMILES string of the molecule is CC1=C(S(=O)(=O)c2ccccc2)C(c2ccc(F)c(C)c2)n2nc(C(F)(F)F)cc2N1. The predicted molar refractivity (Wildman–Crippen MR) is 106 cm³/mol. The van der Waals surface area contributed by atoms with Crippen molar-refractivity contribution in [1.82, 2.24) is 9.78 Å². The maximum atomic E-state index is 13.9. The Hall–Kier alpha value is -3.14. The van der Waals surface area contributed by atoms with E-state index in [1.165, 1.54) is 38.1 Å². The lowest BCUT2D eigenvalue weighted by Gasteiger charge is -2.30. The Morgan fingerprint density at radius 2 is 1.71 bits per heavy atom. The summed E-state index contributed by atoms with van der Waals surface area (Å²) in [6.45, 7) is 2.97. The summed E-state index contributed by atoms with van der Waals surface area (Å²) in [5, 5.41) is 6.39. The molecule has 0 aliphatic carbocycles. The third-order valence-electron chi connectivity index (χ3n) is 5.05. The van der Waals surface area contributed by atoms with E-state index >= 15 is 0 Å². The van der Waals surface area contributed by atoms with E-state index in [0.717, 1.165) is 16.8 Å². The number of hydrogen-bond acceptors (Lipinski definition) is 4. The highest BCUT2D eigenvalue weighted by Crippen LogP contribution is 2.43. The van der Waals surface area contributed by atoms with E-state index in [2.05, 4.69) is 10.4 Å². The van der Waals surface area contributed by atoms with Crippen LogP contribution in [-0.2, 0) is 16.0 Å². The Balaban J connectivity index is 1.99. The summed E-state index contributed by atoms with van der Waals surface area (Å²) in [5.41, 5.74) is -0.468. The van der Waals surface area contributed by atoms with Gasteiger partial charge in [-0.2, -0.15) is 18.3 Å². The van der Waals surface area contributed by atoms with Crippen LogP contribution in [0.5, 0.6) is 0 Å². The maximum Gasteiger partial charge on any atom is 0.435 e. The Bertz CT molecular complexity index is 1300. The monoisotopic (exact) mass is 451 g/mol. The second-order valence-electron chi connectivity index (χ2n) is 7.20. The Morgan fingerprint density at radius 1 is 1.03 bits per heavy atom. The van der Waals surface area contributed by atoms with Crippen molar-refractivity contribution >= 4 is 15.7 Å². The van der Waals surface area contributed by atoms with Crippen molar-refractivity contribution in [2.75, 3.05) is 5.32 Å². The van der Waals surface area contributed by atoms with Gasteiger partial charge in [0, 0.05) is 11.8 Å². The maximum absolute atomic E-state index is 13.9. The third kappa shape index (κ3) is 3.60. The molecule has 0 fully saturated rings. The highest BCUT2D eigenvalue weighted by Gasteiger charge is 2.41. The summed E-state index contributed by atoms with van der Waals surface area (Å²) in [7, 11) is -4.12.